The Hall–Kier alpha value is -1.94. The molecule has 0 saturated carbocycles. The maximum Gasteiger partial charge on any atom is 1.00 e. The van der Waals surface area contributed by atoms with Crippen molar-refractivity contribution in [1.29, 1.82) is 0 Å². The summed E-state index contributed by atoms with van der Waals surface area (Å²) >= 11 is 0. The molecule has 0 heterocycles. The van der Waals surface area contributed by atoms with Crippen molar-refractivity contribution in [3.8, 4) is 5.75 Å². The maximum atomic E-state index is 5.94. The van der Waals surface area contributed by atoms with Gasteiger partial charge < -0.3 is 4.74 Å². The molecule has 0 N–H and O–H groups in total. The van der Waals surface area contributed by atoms with Crippen molar-refractivity contribution in [2.24, 2.45) is 0 Å². The molecular weight excluding hydrogens is 263 g/mol. The minimum absolute atomic E-state index is 0. The fraction of sp³-hybridized carbons (Fsp3) is 0.100. The van der Waals surface area contributed by atoms with Gasteiger partial charge in [0.25, 0.3) is 0 Å². The van der Waals surface area contributed by atoms with Crippen LogP contribution in [0.25, 0.3) is 0 Å². The van der Waals surface area contributed by atoms with Crippen LogP contribution in [0.5, 0.6) is 5.75 Å². The largest absolute Gasteiger partial charge is 1.00 e. The zero-order chi connectivity index (χ0) is 14.3. The van der Waals surface area contributed by atoms with E-state index in [-0.39, 0.29) is 18.9 Å². The second-order valence-electron chi connectivity index (χ2n) is 4.96. The molecule has 0 bridgehead atoms. The molecule has 0 aliphatic carbocycles. The van der Waals surface area contributed by atoms with Gasteiger partial charge in [-0.05, 0) is 12.0 Å². The van der Waals surface area contributed by atoms with Crippen molar-refractivity contribution in [1.82, 2.24) is 0 Å². The summed E-state index contributed by atoms with van der Waals surface area (Å²) in [5.41, 5.74) is 3.61. The van der Waals surface area contributed by atoms with E-state index in [0.29, 0.717) is 6.61 Å². The molecule has 0 aliphatic rings. The summed E-state index contributed by atoms with van der Waals surface area (Å²) < 4.78 is 5.94. The van der Waals surface area contributed by atoms with E-state index in [1.54, 1.807) is 0 Å². The average molecular weight is 280 g/mol. The van der Waals surface area contributed by atoms with Crippen LogP contribution in [0.2, 0.25) is 0 Å². The van der Waals surface area contributed by atoms with Crippen molar-refractivity contribution in [3.63, 3.8) is 0 Å². The fourth-order valence-electron chi connectivity index (χ4n) is 2.28. The Bertz CT molecular complexity index is 680. The number of ether oxygens (including phenoxy) is 1. The molecule has 0 spiro atoms. The summed E-state index contributed by atoms with van der Waals surface area (Å²) in [6.45, 7) is 0.573. The van der Waals surface area contributed by atoms with Gasteiger partial charge in [0, 0.05) is 5.75 Å². The predicted molar refractivity (Wildman–Crippen MR) is 85.3 cm³/mol. The molecule has 0 atom stereocenters. The van der Waals surface area contributed by atoms with Crippen molar-refractivity contribution in [2.45, 2.75) is 13.0 Å². The number of hydrogen-bond acceptors (Lipinski definition) is 1. The van der Waals surface area contributed by atoms with E-state index < -0.39 is 0 Å². The van der Waals surface area contributed by atoms with Gasteiger partial charge in [-0.15, -0.1) is 11.6 Å². The first kappa shape index (κ1) is 16.4. The molecule has 3 aromatic carbocycles. The molecule has 0 aliphatic heterocycles. The van der Waals surface area contributed by atoms with Crippen molar-refractivity contribution in [3.05, 3.63) is 102 Å². The third-order valence-corrected chi connectivity index (χ3v) is 3.36. The van der Waals surface area contributed by atoms with E-state index in [4.69, 9.17) is 4.74 Å². The second kappa shape index (κ2) is 8.49. The number of rotatable bonds is 5. The van der Waals surface area contributed by atoms with Crippen molar-refractivity contribution in [2.75, 3.05) is 0 Å². The Labute approximate surface area is 144 Å². The van der Waals surface area contributed by atoms with Gasteiger partial charge in [-0.25, -0.2) is 0 Å². The van der Waals surface area contributed by atoms with E-state index in [0.717, 1.165) is 12.2 Å². The van der Waals surface area contributed by atoms with Crippen LogP contribution in [0.1, 0.15) is 16.7 Å². The third-order valence-electron chi connectivity index (χ3n) is 3.36. The molecule has 3 aromatic rings. The molecule has 1 nitrogen and oxygen atoms in total. The van der Waals surface area contributed by atoms with Crippen molar-refractivity contribution < 1.29 is 23.6 Å². The summed E-state index contributed by atoms with van der Waals surface area (Å²) in [7, 11) is 0. The van der Waals surface area contributed by atoms with Crippen LogP contribution in [0.3, 0.4) is 0 Å². The standard InChI is InChI=1S/C20H17O.Li/c1-3-9-17(10-4-1)15-19-13-7-8-14-20(19)21-16-18-11-5-2-6-12-18;/h1-13H,15-16H2;/q-1;+1. The quantitative estimate of drug-likeness (QED) is 0.510. The van der Waals surface area contributed by atoms with E-state index in [1.165, 1.54) is 16.7 Å². The minimum Gasteiger partial charge on any atom is -0.514 e. The first-order valence-corrected chi connectivity index (χ1v) is 7.12. The maximum absolute atomic E-state index is 5.94. The van der Waals surface area contributed by atoms with Crippen LogP contribution in [-0.4, -0.2) is 0 Å². The first-order valence-electron chi connectivity index (χ1n) is 7.12. The van der Waals surface area contributed by atoms with Crippen LogP contribution in [0.4, 0.5) is 0 Å². The van der Waals surface area contributed by atoms with Crippen LogP contribution < -0.4 is 23.6 Å². The van der Waals surface area contributed by atoms with Gasteiger partial charge in [-0.1, -0.05) is 66.2 Å². The summed E-state index contributed by atoms with van der Waals surface area (Å²) in [6, 6.07) is 29.8. The molecule has 0 fully saturated rings. The Morgan fingerprint density at radius 2 is 1.36 bits per heavy atom. The van der Waals surface area contributed by atoms with Gasteiger partial charge in [0.1, 0.15) is 6.61 Å². The molecule has 0 radical (unpaired) electrons. The fourth-order valence-corrected chi connectivity index (χ4v) is 2.28. The van der Waals surface area contributed by atoms with Gasteiger partial charge in [0.15, 0.2) is 0 Å². The summed E-state index contributed by atoms with van der Waals surface area (Å²) in [4.78, 5) is 0. The number of benzene rings is 3. The van der Waals surface area contributed by atoms with Gasteiger partial charge in [0.05, 0.1) is 0 Å². The Balaban J connectivity index is 0.00000176. The summed E-state index contributed by atoms with van der Waals surface area (Å²) in [5.74, 6) is 0.838. The first-order chi connectivity index (χ1) is 10.4. The van der Waals surface area contributed by atoms with E-state index in [2.05, 4.69) is 48.5 Å². The molecular formula is C20H17LiO. The van der Waals surface area contributed by atoms with E-state index >= 15 is 0 Å². The predicted octanol–water partition coefficient (Wildman–Crippen LogP) is 1.66. The van der Waals surface area contributed by atoms with Crippen LogP contribution in [-0.2, 0) is 13.0 Å². The van der Waals surface area contributed by atoms with Gasteiger partial charge >= 0.3 is 18.9 Å². The average Bonchev–Trinajstić information content (AvgIpc) is 2.56. The minimum atomic E-state index is 0. The Morgan fingerprint density at radius 1 is 0.727 bits per heavy atom. The van der Waals surface area contributed by atoms with Crippen molar-refractivity contribution >= 4 is 0 Å². The molecule has 22 heavy (non-hydrogen) atoms. The zero-order valence-electron chi connectivity index (χ0n) is 12.8. The van der Waals surface area contributed by atoms with Gasteiger partial charge in [0.2, 0.25) is 0 Å². The third kappa shape index (κ3) is 4.53. The molecule has 104 valence electrons. The summed E-state index contributed by atoms with van der Waals surface area (Å²) in [5, 5.41) is 0. The Morgan fingerprint density at radius 3 is 2.05 bits per heavy atom. The molecule has 0 aromatic heterocycles. The normalized spacial score (nSPS) is 9.82. The monoisotopic (exact) mass is 280 g/mol. The zero-order valence-corrected chi connectivity index (χ0v) is 12.8. The van der Waals surface area contributed by atoms with Crippen LogP contribution >= 0.6 is 0 Å². The van der Waals surface area contributed by atoms with Gasteiger partial charge in [-0.2, -0.15) is 18.2 Å². The van der Waals surface area contributed by atoms with Crippen LogP contribution in [0, 0.1) is 6.07 Å². The smallest absolute Gasteiger partial charge is 0.514 e. The summed E-state index contributed by atoms with van der Waals surface area (Å²) in [6.07, 6.45) is 0.863. The molecule has 0 amide bonds. The number of para-hydroxylation sites is 1. The van der Waals surface area contributed by atoms with Crippen LogP contribution in [0.15, 0.2) is 78.9 Å². The second-order valence-corrected chi connectivity index (χ2v) is 4.96. The van der Waals surface area contributed by atoms with E-state index in [1.807, 2.05) is 36.4 Å². The molecule has 0 saturated heterocycles. The SMILES string of the molecule is [Li+].[c-]1cccc(Cc2ccccc2)c1OCc1ccccc1. The topological polar surface area (TPSA) is 9.23 Å². The van der Waals surface area contributed by atoms with Gasteiger partial charge in [-0.3, -0.25) is 0 Å². The molecule has 3 rings (SSSR count). The molecule has 0 unspecified atom stereocenters. The molecule has 2 heteroatoms. The number of hydrogen-bond donors (Lipinski definition) is 0. The Kier molecular flexibility index (Phi) is 6.34. The van der Waals surface area contributed by atoms with E-state index in [9.17, 15) is 0 Å².